The van der Waals surface area contributed by atoms with Crippen molar-refractivity contribution < 1.29 is 4.74 Å². The molecule has 1 heterocycles. The summed E-state index contributed by atoms with van der Waals surface area (Å²) >= 11 is 0. The highest BCUT2D eigenvalue weighted by Crippen LogP contribution is 2.21. The van der Waals surface area contributed by atoms with Crippen LogP contribution >= 0.6 is 0 Å². The average molecular weight is 233 g/mol. The zero-order chi connectivity index (χ0) is 12.4. The quantitative estimate of drug-likeness (QED) is 0.851. The zero-order valence-corrected chi connectivity index (χ0v) is 10.6. The van der Waals surface area contributed by atoms with Crippen LogP contribution in [0.15, 0.2) is 12.1 Å². The number of rotatable bonds is 4. The molecule has 1 unspecified atom stereocenters. The van der Waals surface area contributed by atoms with Crippen LogP contribution in [0, 0.1) is 13.8 Å². The molecule has 0 radical (unpaired) electrons. The molecular formula is C13H19N3O. The normalized spacial score (nSPS) is 13.2. The first-order chi connectivity index (χ1) is 8.11. The summed E-state index contributed by atoms with van der Waals surface area (Å²) in [5, 5.41) is 0. The Balaban J connectivity index is 2.34. The molecule has 4 nitrogen and oxygen atoms in total. The van der Waals surface area contributed by atoms with Gasteiger partial charge in [-0.1, -0.05) is 6.07 Å². The Morgan fingerprint density at radius 2 is 2.18 bits per heavy atom. The van der Waals surface area contributed by atoms with Crippen LogP contribution in [-0.2, 0) is 4.74 Å². The van der Waals surface area contributed by atoms with E-state index in [1.807, 2.05) is 0 Å². The van der Waals surface area contributed by atoms with Crippen molar-refractivity contribution in [2.24, 2.45) is 5.73 Å². The van der Waals surface area contributed by atoms with Crippen LogP contribution in [0.4, 0.5) is 0 Å². The molecule has 3 N–H and O–H groups in total. The van der Waals surface area contributed by atoms with Gasteiger partial charge in [-0.05, 0) is 37.5 Å². The molecule has 0 spiro atoms. The van der Waals surface area contributed by atoms with E-state index in [2.05, 4.69) is 35.9 Å². The number of hydrogen-bond donors (Lipinski definition) is 2. The number of aromatic amines is 1. The second-order valence-corrected chi connectivity index (χ2v) is 4.49. The van der Waals surface area contributed by atoms with E-state index in [9.17, 15) is 0 Å². The Labute approximate surface area is 101 Å². The summed E-state index contributed by atoms with van der Waals surface area (Å²) in [5.41, 5.74) is 10.5. The largest absolute Gasteiger partial charge is 0.385 e. The van der Waals surface area contributed by atoms with Gasteiger partial charge < -0.3 is 15.5 Å². The maximum absolute atomic E-state index is 6.06. The minimum absolute atomic E-state index is 0.0953. The van der Waals surface area contributed by atoms with E-state index >= 15 is 0 Å². The number of hydrogen-bond acceptors (Lipinski definition) is 3. The summed E-state index contributed by atoms with van der Waals surface area (Å²) < 4.78 is 5.03. The lowest BCUT2D eigenvalue weighted by Crippen LogP contribution is -2.14. The van der Waals surface area contributed by atoms with Crippen molar-refractivity contribution in [2.45, 2.75) is 26.3 Å². The average Bonchev–Trinajstić information content (AvgIpc) is 2.69. The van der Waals surface area contributed by atoms with Gasteiger partial charge >= 0.3 is 0 Å². The minimum atomic E-state index is -0.0953. The standard InChI is InChI=1S/C13H19N3O/c1-8-6-9(2)12-11(7-8)15-13(16-12)10(14)4-5-17-3/h6-7,10H,4-5,14H2,1-3H3,(H,15,16). The lowest BCUT2D eigenvalue weighted by molar-refractivity contribution is 0.187. The number of benzene rings is 1. The summed E-state index contributed by atoms with van der Waals surface area (Å²) in [6, 6.07) is 4.14. The van der Waals surface area contributed by atoms with Gasteiger partial charge in [-0.3, -0.25) is 0 Å². The Morgan fingerprint density at radius 3 is 2.88 bits per heavy atom. The minimum Gasteiger partial charge on any atom is -0.385 e. The van der Waals surface area contributed by atoms with E-state index in [1.165, 1.54) is 11.1 Å². The van der Waals surface area contributed by atoms with Crippen molar-refractivity contribution >= 4 is 11.0 Å². The lowest BCUT2D eigenvalue weighted by atomic mass is 10.1. The van der Waals surface area contributed by atoms with Crippen LogP contribution in [0.1, 0.15) is 29.4 Å². The second-order valence-electron chi connectivity index (χ2n) is 4.49. The molecule has 0 aliphatic carbocycles. The van der Waals surface area contributed by atoms with E-state index in [4.69, 9.17) is 10.5 Å². The van der Waals surface area contributed by atoms with Crippen molar-refractivity contribution in [3.05, 3.63) is 29.1 Å². The SMILES string of the molecule is COCCC(N)c1nc2c(C)cc(C)cc2[nH]1. The number of aromatic nitrogens is 2. The fraction of sp³-hybridized carbons (Fsp3) is 0.462. The first-order valence-electron chi connectivity index (χ1n) is 5.83. The topological polar surface area (TPSA) is 63.9 Å². The van der Waals surface area contributed by atoms with E-state index in [-0.39, 0.29) is 6.04 Å². The third-order valence-corrected chi connectivity index (χ3v) is 2.92. The number of fused-ring (bicyclic) bond motifs is 1. The third kappa shape index (κ3) is 2.48. The predicted octanol–water partition coefficient (Wildman–Crippen LogP) is 2.22. The van der Waals surface area contributed by atoms with Gasteiger partial charge in [-0.25, -0.2) is 4.98 Å². The highest BCUT2D eigenvalue weighted by atomic mass is 16.5. The molecule has 17 heavy (non-hydrogen) atoms. The van der Waals surface area contributed by atoms with Gasteiger partial charge in [0, 0.05) is 13.7 Å². The monoisotopic (exact) mass is 233 g/mol. The smallest absolute Gasteiger partial charge is 0.124 e. The zero-order valence-electron chi connectivity index (χ0n) is 10.6. The first-order valence-corrected chi connectivity index (χ1v) is 5.83. The van der Waals surface area contributed by atoms with E-state index < -0.39 is 0 Å². The molecule has 0 saturated heterocycles. The summed E-state index contributed by atoms with van der Waals surface area (Å²) in [5.74, 6) is 0.839. The number of imidazole rings is 1. The van der Waals surface area contributed by atoms with Crippen LogP contribution < -0.4 is 5.73 Å². The number of H-pyrrole nitrogens is 1. The number of methoxy groups -OCH3 is 1. The maximum Gasteiger partial charge on any atom is 0.124 e. The summed E-state index contributed by atoms with van der Waals surface area (Å²) in [6.45, 7) is 4.80. The Kier molecular flexibility index (Phi) is 3.45. The van der Waals surface area contributed by atoms with Gasteiger partial charge in [0.2, 0.25) is 0 Å². The molecule has 4 heteroatoms. The molecule has 0 amide bonds. The maximum atomic E-state index is 6.06. The van der Waals surface area contributed by atoms with Crippen LogP contribution in [-0.4, -0.2) is 23.7 Å². The predicted molar refractivity (Wildman–Crippen MR) is 69.0 cm³/mol. The second kappa shape index (κ2) is 4.85. The Bertz CT molecular complexity index is 519. The van der Waals surface area contributed by atoms with Crippen molar-refractivity contribution in [2.75, 3.05) is 13.7 Å². The molecular weight excluding hydrogens is 214 g/mol. The van der Waals surface area contributed by atoms with Crippen LogP contribution in [0.2, 0.25) is 0 Å². The summed E-state index contributed by atoms with van der Waals surface area (Å²) in [7, 11) is 1.68. The molecule has 0 bridgehead atoms. The van der Waals surface area contributed by atoms with Crippen LogP contribution in [0.3, 0.4) is 0 Å². The first kappa shape index (κ1) is 12.1. The van der Waals surface area contributed by atoms with E-state index in [0.29, 0.717) is 6.61 Å². The molecule has 1 aromatic heterocycles. The van der Waals surface area contributed by atoms with Crippen molar-refractivity contribution in [3.8, 4) is 0 Å². The summed E-state index contributed by atoms with van der Waals surface area (Å²) in [4.78, 5) is 7.86. The van der Waals surface area contributed by atoms with Gasteiger partial charge in [-0.2, -0.15) is 0 Å². The fourth-order valence-electron chi connectivity index (χ4n) is 2.05. The third-order valence-electron chi connectivity index (χ3n) is 2.92. The number of nitrogens with two attached hydrogens (primary N) is 1. The molecule has 2 aromatic rings. The highest BCUT2D eigenvalue weighted by Gasteiger charge is 2.12. The molecule has 0 aliphatic heterocycles. The fourth-order valence-corrected chi connectivity index (χ4v) is 2.05. The molecule has 0 saturated carbocycles. The van der Waals surface area contributed by atoms with Gasteiger partial charge in [0.25, 0.3) is 0 Å². The van der Waals surface area contributed by atoms with Gasteiger partial charge in [0.1, 0.15) is 5.82 Å². The number of nitrogens with one attached hydrogen (secondary N) is 1. The molecule has 0 fully saturated rings. The van der Waals surface area contributed by atoms with Crippen LogP contribution in [0.25, 0.3) is 11.0 Å². The van der Waals surface area contributed by atoms with Gasteiger partial charge in [-0.15, -0.1) is 0 Å². The van der Waals surface area contributed by atoms with Crippen molar-refractivity contribution in [3.63, 3.8) is 0 Å². The Morgan fingerprint density at radius 1 is 1.41 bits per heavy atom. The Hall–Kier alpha value is -1.39. The number of nitrogens with zero attached hydrogens (tertiary/aromatic N) is 1. The molecule has 2 rings (SSSR count). The molecule has 0 aliphatic rings. The van der Waals surface area contributed by atoms with Crippen molar-refractivity contribution in [1.82, 2.24) is 9.97 Å². The highest BCUT2D eigenvalue weighted by molar-refractivity contribution is 5.79. The number of aryl methyl sites for hydroxylation is 2. The molecule has 1 atom stereocenters. The van der Waals surface area contributed by atoms with E-state index in [0.717, 1.165) is 23.3 Å². The molecule has 1 aromatic carbocycles. The van der Waals surface area contributed by atoms with Gasteiger partial charge in [0.15, 0.2) is 0 Å². The molecule has 92 valence electrons. The summed E-state index contributed by atoms with van der Waals surface area (Å²) in [6.07, 6.45) is 0.772. The van der Waals surface area contributed by atoms with Crippen molar-refractivity contribution in [1.29, 1.82) is 0 Å². The van der Waals surface area contributed by atoms with Gasteiger partial charge in [0.05, 0.1) is 17.1 Å². The number of ether oxygens (including phenoxy) is 1. The lowest BCUT2D eigenvalue weighted by Gasteiger charge is -2.06. The van der Waals surface area contributed by atoms with Crippen LogP contribution in [0.5, 0.6) is 0 Å². The van der Waals surface area contributed by atoms with E-state index in [1.54, 1.807) is 7.11 Å².